The maximum absolute atomic E-state index is 6.00. The number of hydrogen-bond acceptors (Lipinski definition) is 4. The van der Waals surface area contributed by atoms with E-state index in [1.54, 1.807) is 11.3 Å². The summed E-state index contributed by atoms with van der Waals surface area (Å²) in [4.78, 5) is 0. The van der Waals surface area contributed by atoms with E-state index in [9.17, 15) is 0 Å². The number of halogens is 2. The van der Waals surface area contributed by atoms with Gasteiger partial charge in [-0.05, 0) is 41.0 Å². The highest BCUT2D eigenvalue weighted by Crippen LogP contribution is 2.32. The summed E-state index contributed by atoms with van der Waals surface area (Å²) in [5.41, 5.74) is 1.03. The Balaban J connectivity index is 2.27. The second-order valence-electron chi connectivity index (χ2n) is 4.09. The van der Waals surface area contributed by atoms with Crippen LogP contribution < -0.4 is 5.32 Å². The van der Waals surface area contributed by atoms with E-state index in [4.69, 9.17) is 11.6 Å². The van der Waals surface area contributed by atoms with E-state index in [-0.39, 0.29) is 6.04 Å². The predicted octanol–water partition coefficient (Wildman–Crippen LogP) is 4.68. The van der Waals surface area contributed by atoms with Crippen molar-refractivity contribution in [3.63, 3.8) is 0 Å². The topological polar surface area (TPSA) is 37.8 Å². The molecule has 0 bridgehead atoms. The summed E-state index contributed by atoms with van der Waals surface area (Å²) >= 11 is 11.1. The molecule has 1 N–H and O–H groups in total. The Bertz CT molecular complexity index is 559. The van der Waals surface area contributed by atoms with E-state index < -0.39 is 0 Å². The molecule has 1 aromatic carbocycles. The predicted molar refractivity (Wildman–Crippen MR) is 84.8 cm³/mol. The molecular formula is C13H15BrClN3S. The van der Waals surface area contributed by atoms with E-state index in [0.717, 1.165) is 33.0 Å². The van der Waals surface area contributed by atoms with E-state index >= 15 is 0 Å². The number of rotatable bonds is 5. The first kappa shape index (κ1) is 14.9. The maximum atomic E-state index is 6.00. The third-order valence-electron chi connectivity index (χ3n) is 2.76. The van der Waals surface area contributed by atoms with Gasteiger partial charge in [0.25, 0.3) is 0 Å². The highest BCUT2D eigenvalue weighted by molar-refractivity contribution is 9.10. The molecule has 0 aliphatic heterocycles. The van der Waals surface area contributed by atoms with Crippen LogP contribution in [0.3, 0.4) is 0 Å². The van der Waals surface area contributed by atoms with Crippen LogP contribution in [0.25, 0.3) is 10.6 Å². The molecule has 0 saturated carbocycles. The number of benzene rings is 1. The minimum atomic E-state index is 0.284. The van der Waals surface area contributed by atoms with Gasteiger partial charge in [-0.1, -0.05) is 42.9 Å². The van der Waals surface area contributed by atoms with Crippen LogP contribution in [0, 0.1) is 0 Å². The van der Waals surface area contributed by atoms with Gasteiger partial charge < -0.3 is 5.32 Å². The van der Waals surface area contributed by atoms with Crippen molar-refractivity contribution >= 4 is 38.9 Å². The lowest BCUT2D eigenvalue weighted by atomic mass is 10.2. The molecule has 0 spiro atoms. The van der Waals surface area contributed by atoms with Gasteiger partial charge in [0, 0.05) is 10.0 Å². The van der Waals surface area contributed by atoms with Crippen molar-refractivity contribution in [3.05, 3.63) is 32.7 Å². The Labute approximate surface area is 130 Å². The first-order chi connectivity index (χ1) is 9.15. The lowest BCUT2D eigenvalue weighted by Gasteiger charge is -2.10. The highest BCUT2D eigenvalue weighted by Gasteiger charge is 2.15. The van der Waals surface area contributed by atoms with E-state index in [2.05, 4.69) is 45.3 Å². The van der Waals surface area contributed by atoms with E-state index in [0.29, 0.717) is 5.02 Å². The molecule has 102 valence electrons. The molecule has 1 aromatic heterocycles. The summed E-state index contributed by atoms with van der Waals surface area (Å²) in [6.45, 7) is 5.17. The number of nitrogens with zero attached hydrogens (tertiary/aromatic N) is 2. The van der Waals surface area contributed by atoms with Crippen molar-refractivity contribution in [2.24, 2.45) is 0 Å². The van der Waals surface area contributed by atoms with Crippen molar-refractivity contribution in [1.29, 1.82) is 0 Å². The Morgan fingerprint density at radius 1 is 1.37 bits per heavy atom. The molecule has 3 nitrogen and oxygen atoms in total. The van der Waals surface area contributed by atoms with E-state index in [1.165, 1.54) is 0 Å². The van der Waals surface area contributed by atoms with Gasteiger partial charge in [-0.15, -0.1) is 10.2 Å². The van der Waals surface area contributed by atoms with Crippen molar-refractivity contribution in [3.8, 4) is 10.6 Å². The Morgan fingerprint density at radius 2 is 2.16 bits per heavy atom. The Kier molecular flexibility index (Phi) is 5.33. The normalized spacial score (nSPS) is 12.6. The first-order valence-electron chi connectivity index (χ1n) is 6.17. The molecule has 0 aliphatic rings. The summed E-state index contributed by atoms with van der Waals surface area (Å²) in [6, 6.07) is 6.09. The zero-order valence-electron chi connectivity index (χ0n) is 10.8. The number of hydrogen-bond donors (Lipinski definition) is 1. The molecule has 2 rings (SSSR count). The van der Waals surface area contributed by atoms with Gasteiger partial charge in [0.15, 0.2) is 0 Å². The van der Waals surface area contributed by atoms with Crippen molar-refractivity contribution < 1.29 is 0 Å². The molecule has 0 saturated heterocycles. The van der Waals surface area contributed by atoms with Crippen molar-refractivity contribution in [2.75, 3.05) is 6.54 Å². The molecule has 0 aliphatic carbocycles. The zero-order valence-corrected chi connectivity index (χ0v) is 13.9. The Morgan fingerprint density at radius 3 is 2.79 bits per heavy atom. The summed E-state index contributed by atoms with van der Waals surface area (Å²) in [6.07, 6.45) is 1.01. The molecular weight excluding hydrogens is 346 g/mol. The highest BCUT2D eigenvalue weighted by atomic mass is 79.9. The van der Waals surface area contributed by atoms with Crippen molar-refractivity contribution in [1.82, 2.24) is 15.5 Å². The van der Waals surface area contributed by atoms with Crippen LogP contribution in [0.5, 0.6) is 0 Å². The summed E-state index contributed by atoms with van der Waals surface area (Å²) in [5, 5.41) is 14.6. The van der Waals surface area contributed by atoms with E-state index in [1.807, 2.05) is 18.2 Å². The van der Waals surface area contributed by atoms with Gasteiger partial charge in [-0.3, -0.25) is 0 Å². The fourth-order valence-corrected chi connectivity index (χ4v) is 3.27. The van der Waals surface area contributed by atoms with Crippen LogP contribution in [0.15, 0.2) is 22.7 Å². The molecule has 19 heavy (non-hydrogen) atoms. The molecule has 1 heterocycles. The van der Waals surface area contributed by atoms with Gasteiger partial charge in [-0.2, -0.15) is 0 Å². The summed E-state index contributed by atoms with van der Waals surface area (Å²) < 4.78 is 0.877. The molecule has 0 fully saturated rings. The molecule has 1 atom stereocenters. The third kappa shape index (κ3) is 3.54. The minimum absolute atomic E-state index is 0.284. The van der Waals surface area contributed by atoms with Gasteiger partial charge >= 0.3 is 0 Å². The van der Waals surface area contributed by atoms with Gasteiger partial charge in [0.05, 0.1) is 11.1 Å². The van der Waals surface area contributed by atoms with Gasteiger partial charge in [0.2, 0.25) is 0 Å². The second kappa shape index (κ2) is 6.79. The maximum Gasteiger partial charge on any atom is 0.147 e. The fraction of sp³-hybridized carbons (Fsp3) is 0.385. The molecule has 1 unspecified atom stereocenters. The quantitative estimate of drug-likeness (QED) is 0.841. The van der Waals surface area contributed by atoms with Crippen LogP contribution in [0.2, 0.25) is 5.02 Å². The van der Waals surface area contributed by atoms with Crippen LogP contribution in [-0.2, 0) is 0 Å². The fourth-order valence-electron chi connectivity index (χ4n) is 1.77. The van der Waals surface area contributed by atoms with Gasteiger partial charge in [-0.25, -0.2) is 0 Å². The van der Waals surface area contributed by atoms with Crippen LogP contribution in [0.1, 0.15) is 31.3 Å². The first-order valence-corrected chi connectivity index (χ1v) is 8.16. The average molecular weight is 361 g/mol. The lowest BCUT2D eigenvalue weighted by molar-refractivity contribution is 0.531. The average Bonchev–Trinajstić information content (AvgIpc) is 2.88. The van der Waals surface area contributed by atoms with Gasteiger partial charge in [0.1, 0.15) is 10.0 Å². The molecule has 2 aromatic rings. The molecule has 0 amide bonds. The molecule has 0 radical (unpaired) electrons. The number of aromatic nitrogens is 2. The zero-order chi connectivity index (χ0) is 13.8. The van der Waals surface area contributed by atoms with Crippen LogP contribution in [0.4, 0.5) is 0 Å². The number of nitrogens with one attached hydrogen (secondary N) is 1. The Hall–Kier alpha value is -0.490. The smallest absolute Gasteiger partial charge is 0.147 e. The standard InChI is InChI=1S/C13H15BrClN3S/c1-3-11(16-4-2)13-18-17-12(19-13)8-5-6-10(15)9(14)7-8/h5-7,11,16H,3-4H2,1-2H3. The molecule has 6 heteroatoms. The largest absolute Gasteiger partial charge is 0.308 e. The van der Waals surface area contributed by atoms with Crippen LogP contribution >= 0.6 is 38.9 Å². The SMILES string of the molecule is CCNC(CC)c1nnc(-c2ccc(Cl)c(Br)c2)s1. The third-order valence-corrected chi connectivity index (χ3v) is 5.06. The second-order valence-corrected chi connectivity index (χ2v) is 6.36. The van der Waals surface area contributed by atoms with Crippen LogP contribution in [-0.4, -0.2) is 16.7 Å². The lowest BCUT2D eigenvalue weighted by Crippen LogP contribution is -2.19. The summed E-state index contributed by atoms with van der Waals surface area (Å²) in [5.74, 6) is 0. The monoisotopic (exact) mass is 359 g/mol. The summed E-state index contributed by atoms with van der Waals surface area (Å²) in [7, 11) is 0. The van der Waals surface area contributed by atoms with Crippen molar-refractivity contribution in [2.45, 2.75) is 26.3 Å². The minimum Gasteiger partial charge on any atom is -0.308 e.